The molecule has 1 aromatic carbocycles. The third-order valence-electron chi connectivity index (χ3n) is 2.93. The highest BCUT2D eigenvalue weighted by atomic mass is 79.9. The van der Waals surface area contributed by atoms with Crippen LogP contribution in [0.4, 0.5) is 0 Å². The molecule has 0 aliphatic heterocycles. The first-order chi connectivity index (χ1) is 9.94. The number of nitrogens with one attached hydrogen (secondary N) is 2. The van der Waals surface area contributed by atoms with Gasteiger partial charge in [-0.05, 0) is 47.6 Å². The van der Waals surface area contributed by atoms with Gasteiger partial charge in [0.05, 0.1) is 16.1 Å². The Kier molecular flexibility index (Phi) is 5.50. The summed E-state index contributed by atoms with van der Waals surface area (Å²) in [5.41, 5.74) is 3.48. The van der Waals surface area contributed by atoms with Gasteiger partial charge in [0.2, 0.25) is 10.0 Å². The Bertz CT molecular complexity index is 729. The fraction of sp³-hybridized carbons (Fsp3) is 0.308. The van der Waals surface area contributed by atoms with Crippen molar-refractivity contribution in [3.05, 3.63) is 44.3 Å². The molecule has 1 aromatic heterocycles. The maximum Gasteiger partial charge on any atom is 0.242 e. The highest BCUT2D eigenvalue weighted by Crippen LogP contribution is 2.24. The molecule has 2 rings (SSSR count). The minimum absolute atomic E-state index is 0.248. The van der Waals surface area contributed by atoms with Crippen molar-refractivity contribution < 1.29 is 8.42 Å². The summed E-state index contributed by atoms with van der Waals surface area (Å²) in [6.45, 7) is 2.73. The van der Waals surface area contributed by atoms with Gasteiger partial charge in [0.25, 0.3) is 0 Å². The smallest absolute Gasteiger partial charge is 0.242 e. The minimum atomic E-state index is -3.57. The number of nitrogens with zero attached hydrogens (tertiary/aromatic N) is 1. The number of aromatic nitrogens is 1. The van der Waals surface area contributed by atoms with Gasteiger partial charge in [-0.15, -0.1) is 11.3 Å². The van der Waals surface area contributed by atoms with Crippen LogP contribution in [-0.2, 0) is 23.1 Å². The van der Waals surface area contributed by atoms with Crippen molar-refractivity contribution in [2.45, 2.75) is 24.9 Å². The molecule has 0 bridgehead atoms. The Morgan fingerprint density at radius 2 is 2.10 bits per heavy atom. The Balaban J connectivity index is 2.22. The molecule has 0 atom stereocenters. The van der Waals surface area contributed by atoms with Gasteiger partial charge >= 0.3 is 0 Å². The fourth-order valence-corrected chi connectivity index (χ4v) is 4.62. The lowest BCUT2D eigenvalue weighted by Gasteiger charge is -2.10. The Morgan fingerprint density at radius 1 is 1.33 bits per heavy atom. The van der Waals surface area contributed by atoms with Gasteiger partial charge in [-0.1, -0.05) is 6.07 Å². The quantitative estimate of drug-likeness (QED) is 0.795. The van der Waals surface area contributed by atoms with E-state index in [1.165, 1.54) is 11.3 Å². The van der Waals surface area contributed by atoms with Crippen molar-refractivity contribution in [1.29, 1.82) is 0 Å². The number of thiazole rings is 1. The van der Waals surface area contributed by atoms with E-state index in [4.69, 9.17) is 0 Å². The summed E-state index contributed by atoms with van der Waals surface area (Å²) in [4.78, 5) is 5.28. The van der Waals surface area contributed by atoms with Gasteiger partial charge in [-0.3, -0.25) is 0 Å². The normalized spacial score (nSPS) is 11.8. The predicted molar refractivity (Wildman–Crippen MR) is 87.8 cm³/mol. The number of benzene rings is 1. The molecule has 114 valence electrons. The SMILES string of the molecule is CNCc1ccc(Br)c(S(=O)(=O)NCc2scnc2C)c1. The van der Waals surface area contributed by atoms with Crippen LogP contribution in [0.5, 0.6) is 0 Å². The van der Waals surface area contributed by atoms with Crippen LogP contribution in [0.2, 0.25) is 0 Å². The van der Waals surface area contributed by atoms with E-state index in [0.717, 1.165) is 16.1 Å². The number of halogens is 1. The summed E-state index contributed by atoms with van der Waals surface area (Å²) in [6.07, 6.45) is 0. The lowest BCUT2D eigenvalue weighted by Crippen LogP contribution is -2.24. The molecule has 5 nitrogen and oxygen atoms in total. The van der Waals surface area contributed by atoms with E-state index in [1.807, 2.05) is 20.0 Å². The summed E-state index contributed by atoms with van der Waals surface area (Å²) in [6, 6.07) is 5.30. The van der Waals surface area contributed by atoms with Crippen LogP contribution in [-0.4, -0.2) is 20.4 Å². The van der Waals surface area contributed by atoms with Gasteiger partial charge in [-0.2, -0.15) is 0 Å². The first-order valence-electron chi connectivity index (χ1n) is 6.25. The molecular weight excluding hydrogens is 374 g/mol. The first kappa shape index (κ1) is 16.6. The fourth-order valence-electron chi connectivity index (χ4n) is 1.80. The molecule has 0 spiro atoms. The van der Waals surface area contributed by atoms with Gasteiger partial charge in [0.15, 0.2) is 0 Å². The number of rotatable bonds is 6. The molecule has 0 saturated heterocycles. The van der Waals surface area contributed by atoms with Crippen LogP contribution in [0.25, 0.3) is 0 Å². The molecule has 0 aliphatic carbocycles. The third kappa shape index (κ3) is 4.10. The molecule has 8 heteroatoms. The predicted octanol–water partition coefficient (Wildman–Crippen LogP) is 2.41. The van der Waals surface area contributed by atoms with E-state index in [1.54, 1.807) is 17.6 Å². The lowest BCUT2D eigenvalue weighted by molar-refractivity contribution is 0.581. The van der Waals surface area contributed by atoms with Crippen LogP contribution in [0, 0.1) is 6.92 Å². The van der Waals surface area contributed by atoms with Gasteiger partial charge < -0.3 is 5.32 Å². The summed E-state index contributed by atoms with van der Waals surface area (Å²) >= 11 is 4.74. The number of hydrogen-bond acceptors (Lipinski definition) is 5. The van der Waals surface area contributed by atoms with Crippen LogP contribution >= 0.6 is 27.3 Å². The summed E-state index contributed by atoms with van der Waals surface area (Å²) in [7, 11) is -1.75. The van der Waals surface area contributed by atoms with Gasteiger partial charge in [0, 0.05) is 22.4 Å². The second kappa shape index (κ2) is 6.97. The molecule has 1 heterocycles. The van der Waals surface area contributed by atoms with E-state index in [2.05, 4.69) is 31.0 Å². The van der Waals surface area contributed by atoms with Crippen molar-refractivity contribution in [3.63, 3.8) is 0 Å². The van der Waals surface area contributed by atoms with Crippen LogP contribution < -0.4 is 10.0 Å². The number of aryl methyl sites for hydroxylation is 1. The molecule has 0 fully saturated rings. The van der Waals surface area contributed by atoms with E-state index in [-0.39, 0.29) is 11.4 Å². The molecule has 0 amide bonds. The summed E-state index contributed by atoms with van der Waals surface area (Å²) in [5, 5.41) is 3.01. The second-order valence-corrected chi connectivity index (χ2v) is 8.01. The van der Waals surface area contributed by atoms with E-state index in [0.29, 0.717) is 11.0 Å². The Morgan fingerprint density at radius 3 is 2.71 bits per heavy atom. The average molecular weight is 390 g/mol. The number of hydrogen-bond donors (Lipinski definition) is 2. The largest absolute Gasteiger partial charge is 0.316 e. The van der Waals surface area contributed by atoms with Crippen molar-refractivity contribution in [2.24, 2.45) is 0 Å². The highest BCUT2D eigenvalue weighted by Gasteiger charge is 2.18. The lowest BCUT2D eigenvalue weighted by atomic mass is 10.2. The molecule has 2 N–H and O–H groups in total. The summed E-state index contributed by atoms with van der Waals surface area (Å²) < 4.78 is 28.1. The Labute approximate surface area is 137 Å². The van der Waals surface area contributed by atoms with Crippen LogP contribution in [0.15, 0.2) is 33.1 Å². The molecule has 21 heavy (non-hydrogen) atoms. The molecule has 0 saturated carbocycles. The minimum Gasteiger partial charge on any atom is -0.316 e. The average Bonchev–Trinajstić information content (AvgIpc) is 2.84. The van der Waals surface area contributed by atoms with E-state index >= 15 is 0 Å². The Hall–Kier alpha value is -0.800. The van der Waals surface area contributed by atoms with E-state index in [9.17, 15) is 8.42 Å². The van der Waals surface area contributed by atoms with Crippen molar-refractivity contribution in [2.75, 3.05) is 7.05 Å². The van der Waals surface area contributed by atoms with E-state index < -0.39 is 10.0 Å². The maximum atomic E-state index is 12.4. The summed E-state index contributed by atoms with van der Waals surface area (Å²) in [5.74, 6) is 0. The molecule has 0 radical (unpaired) electrons. The zero-order chi connectivity index (χ0) is 15.5. The van der Waals surface area contributed by atoms with Crippen LogP contribution in [0.1, 0.15) is 16.1 Å². The number of sulfonamides is 1. The van der Waals surface area contributed by atoms with Crippen molar-refractivity contribution >= 4 is 37.3 Å². The molecule has 0 aliphatic rings. The topological polar surface area (TPSA) is 71.1 Å². The second-order valence-electron chi connectivity index (χ2n) is 4.48. The molecule has 2 aromatic rings. The zero-order valence-corrected chi connectivity index (χ0v) is 14.9. The first-order valence-corrected chi connectivity index (χ1v) is 9.41. The van der Waals surface area contributed by atoms with Crippen LogP contribution in [0.3, 0.4) is 0 Å². The third-order valence-corrected chi connectivity index (χ3v) is 6.26. The maximum absolute atomic E-state index is 12.4. The molecule has 0 unspecified atom stereocenters. The van der Waals surface area contributed by atoms with Crippen molar-refractivity contribution in [1.82, 2.24) is 15.0 Å². The highest BCUT2D eigenvalue weighted by molar-refractivity contribution is 9.10. The zero-order valence-electron chi connectivity index (χ0n) is 11.7. The van der Waals surface area contributed by atoms with Crippen molar-refractivity contribution in [3.8, 4) is 0 Å². The monoisotopic (exact) mass is 389 g/mol. The van der Waals surface area contributed by atoms with Gasteiger partial charge in [-0.25, -0.2) is 18.1 Å². The molecular formula is C13H16BrN3O2S2. The standard InChI is InChI=1S/C13H16BrN3O2S2/c1-9-12(20-8-16-9)7-17-21(18,19)13-5-10(6-15-2)3-4-11(13)14/h3-5,8,15,17H,6-7H2,1-2H3. The van der Waals surface area contributed by atoms with Gasteiger partial charge in [0.1, 0.15) is 0 Å².